The predicted molar refractivity (Wildman–Crippen MR) is 59.7 cm³/mol. The van der Waals surface area contributed by atoms with Crippen LogP contribution in [0.4, 0.5) is 5.82 Å². The number of carbonyl (C=O) groups excluding carboxylic acids is 1. The van der Waals surface area contributed by atoms with Crippen molar-refractivity contribution in [2.45, 2.75) is 27.7 Å². The van der Waals surface area contributed by atoms with Crippen molar-refractivity contribution in [3.05, 3.63) is 11.3 Å². The molecular weight excluding hydrogens is 194 g/mol. The van der Waals surface area contributed by atoms with Crippen molar-refractivity contribution in [3.63, 3.8) is 0 Å². The van der Waals surface area contributed by atoms with Crippen LogP contribution in [0.3, 0.4) is 0 Å². The van der Waals surface area contributed by atoms with Crippen LogP contribution in [0.25, 0.3) is 0 Å². The number of nitrogen functional groups attached to an aromatic ring is 1. The van der Waals surface area contributed by atoms with E-state index in [4.69, 9.17) is 10.5 Å². The fraction of sp³-hybridized carbons (Fsp3) is 0.600. The molecule has 1 aromatic rings. The van der Waals surface area contributed by atoms with Crippen molar-refractivity contribution < 1.29 is 9.53 Å². The van der Waals surface area contributed by atoms with Gasteiger partial charge in [-0.15, -0.1) is 0 Å². The zero-order valence-corrected chi connectivity index (χ0v) is 10.00. The van der Waals surface area contributed by atoms with Gasteiger partial charge in [-0.1, -0.05) is 13.8 Å². The van der Waals surface area contributed by atoms with Crippen molar-refractivity contribution in [2.24, 2.45) is 7.05 Å². The van der Waals surface area contributed by atoms with Crippen LogP contribution in [0.2, 0.25) is 0 Å². The zero-order chi connectivity index (χ0) is 12.0. The number of anilines is 1. The average molecular weight is 213 g/mol. The van der Waals surface area contributed by atoms with Gasteiger partial charge in [0.25, 0.3) is 0 Å². The summed E-state index contributed by atoms with van der Waals surface area (Å²) in [7, 11) is 1.69. The quantitative estimate of drug-likeness (QED) is 0.756. The first-order valence-electron chi connectivity index (χ1n) is 5.04. The molecule has 0 aliphatic rings. The molecule has 15 heavy (non-hydrogen) atoms. The summed E-state index contributed by atoms with van der Waals surface area (Å²) in [6.07, 6.45) is 0. The van der Waals surface area contributed by atoms with Gasteiger partial charge < -0.3 is 10.5 Å². The highest BCUT2D eigenvalue weighted by atomic mass is 16.5. The summed E-state index contributed by atoms with van der Waals surface area (Å²) in [5.74, 6) is -0.0680. The van der Waals surface area contributed by atoms with Crippen LogP contribution >= 0.6 is 0 Å². The number of esters is 1. The molecule has 5 nitrogen and oxygen atoms in total. The Kier molecular flexibility index (Phi) is 5.44. The third-order valence-corrected chi connectivity index (χ3v) is 1.75. The molecule has 1 aromatic heterocycles. The molecule has 0 radical (unpaired) electrons. The van der Waals surface area contributed by atoms with Gasteiger partial charge in [0.15, 0.2) is 0 Å². The molecule has 0 spiro atoms. The monoisotopic (exact) mass is 213 g/mol. The summed E-state index contributed by atoms with van der Waals surface area (Å²) in [5.41, 5.74) is 6.60. The molecule has 5 heteroatoms. The molecule has 0 unspecified atom stereocenters. The molecule has 2 N–H and O–H groups in total. The fourth-order valence-corrected chi connectivity index (χ4v) is 1.13. The number of aryl methyl sites for hydroxylation is 2. The molecule has 0 saturated heterocycles. The summed E-state index contributed by atoms with van der Waals surface area (Å²) in [5, 5.41) is 4.00. The molecule has 0 aromatic carbocycles. The highest BCUT2D eigenvalue weighted by Crippen LogP contribution is 2.15. The third kappa shape index (κ3) is 2.97. The van der Waals surface area contributed by atoms with Gasteiger partial charge in [-0.05, 0) is 13.8 Å². The Morgan fingerprint density at radius 1 is 1.53 bits per heavy atom. The predicted octanol–water partition coefficient (Wildman–Crippen LogP) is 1.51. The molecule has 86 valence electrons. The Morgan fingerprint density at radius 3 is 2.40 bits per heavy atom. The van der Waals surface area contributed by atoms with Gasteiger partial charge in [0.2, 0.25) is 0 Å². The lowest BCUT2D eigenvalue weighted by atomic mass is 10.2. The fourth-order valence-electron chi connectivity index (χ4n) is 1.13. The third-order valence-electron chi connectivity index (χ3n) is 1.75. The van der Waals surface area contributed by atoms with Crippen LogP contribution in [0.1, 0.15) is 36.8 Å². The van der Waals surface area contributed by atoms with Gasteiger partial charge in [0.1, 0.15) is 11.4 Å². The molecule has 0 amide bonds. The molecule has 1 rings (SSSR count). The van der Waals surface area contributed by atoms with E-state index in [1.165, 1.54) is 4.68 Å². The number of nitrogens with zero attached hydrogens (tertiary/aromatic N) is 2. The molecule has 0 bridgehead atoms. The van der Waals surface area contributed by atoms with Crippen molar-refractivity contribution in [1.82, 2.24) is 9.78 Å². The normalized spacial score (nSPS) is 9.13. The van der Waals surface area contributed by atoms with Crippen LogP contribution in [0.15, 0.2) is 0 Å². The van der Waals surface area contributed by atoms with Gasteiger partial charge in [-0.25, -0.2) is 4.79 Å². The van der Waals surface area contributed by atoms with Crippen LogP contribution < -0.4 is 5.73 Å². The maximum Gasteiger partial charge on any atom is 0.343 e. The van der Waals surface area contributed by atoms with Crippen LogP contribution in [-0.4, -0.2) is 22.4 Å². The van der Waals surface area contributed by atoms with E-state index < -0.39 is 5.97 Å². The lowest BCUT2D eigenvalue weighted by Crippen LogP contribution is -2.08. The second-order valence-corrected chi connectivity index (χ2v) is 2.69. The molecule has 0 fully saturated rings. The van der Waals surface area contributed by atoms with Gasteiger partial charge >= 0.3 is 5.97 Å². The Labute approximate surface area is 90.2 Å². The lowest BCUT2D eigenvalue weighted by Gasteiger charge is -2.00. The second-order valence-electron chi connectivity index (χ2n) is 2.69. The average Bonchev–Trinajstić information content (AvgIpc) is 2.45. The molecule has 0 aliphatic heterocycles. The van der Waals surface area contributed by atoms with Crippen molar-refractivity contribution in [1.29, 1.82) is 0 Å². The Morgan fingerprint density at radius 2 is 2.07 bits per heavy atom. The van der Waals surface area contributed by atoms with E-state index in [0.717, 1.165) is 0 Å². The number of aromatic nitrogens is 2. The Bertz CT molecular complexity index is 332. The van der Waals surface area contributed by atoms with Gasteiger partial charge in [-0.2, -0.15) is 5.10 Å². The summed E-state index contributed by atoms with van der Waals surface area (Å²) in [6.45, 7) is 7.81. The first-order valence-corrected chi connectivity index (χ1v) is 5.04. The van der Waals surface area contributed by atoms with E-state index in [2.05, 4.69) is 5.10 Å². The highest BCUT2D eigenvalue weighted by Gasteiger charge is 2.18. The molecular formula is C10H19N3O2. The van der Waals surface area contributed by atoms with Crippen LogP contribution in [0.5, 0.6) is 0 Å². The topological polar surface area (TPSA) is 70.1 Å². The SMILES string of the molecule is CC.CCOC(=O)c1c(C)nn(C)c1N. The van der Waals surface area contributed by atoms with Crippen molar-refractivity contribution in [3.8, 4) is 0 Å². The van der Waals surface area contributed by atoms with E-state index in [9.17, 15) is 4.79 Å². The van der Waals surface area contributed by atoms with Crippen molar-refractivity contribution in [2.75, 3.05) is 12.3 Å². The van der Waals surface area contributed by atoms with Gasteiger partial charge in [-0.3, -0.25) is 4.68 Å². The second kappa shape index (κ2) is 6.06. The Balaban J connectivity index is 0.000000921. The number of hydrogen-bond acceptors (Lipinski definition) is 4. The smallest absolute Gasteiger partial charge is 0.343 e. The summed E-state index contributed by atoms with van der Waals surface area (Å²) >= 11 is 0. The molecule has 0 aliphatic carbocycles. The van der Waals surface area contributed by atoms with E-state index in [1.807, 2.05) is 13.8 Å². The summed E-state index contributed by atoms with van der Waals surface area (Å²) < 4.78 is 6.29. The van der Waals surface area contributed by atoms with Gasteiger partial charge in [0.05, 0.1) is 12.3 Å². The standard InChI is InChI=1S/C8H13N3O2.C2H6/c1-4-13-8(12)6-5(2)10-11(3)7(6)9;1-2/h4,9H2,1-3H3;1-2H3. The summed E-state index contributed by atoms with van der Waals surface area (Å²) in [6, 6.07) is 0. The maximum absolute atomic E-state index is 11.3. The van der Waals surface area contributed by atoms with Crippen LogP contribution in [-0.2, 0) is 11.8 Å². The van der Waals surface area contributed by atoms with Crippen molar-refractivity contribution >= 4 is 11.8 Å². The minimum Gasteiger partial charge on any atom is -0.462 e. The lowest BCUT2D eigenvalue weighted by molar-refractivity contribution is 0.0527. The van der Waals surface area contributed by atoms with E-state index >= 15 is 0 Å². The number of hydrogen-bond donors (Lipinski definition) is 1. The first kappa shape index (κ1) is 13.5. The van der Waals surface area contributed by atoms with E-state index in [1.54, 1.807) is 20.9 Å². The van der Waals surface area contributed by atoms with E-state index in [0.29, 0.717) is 23.7 Å². The molecule has 1 heterocycles. The minimum absolute atomic E-state index is 0.340. The number of carbonyl (C=O) groups is 1. The maximum atomic E-state index is 11.3. The summed E-state index contributed by atoms with van der Waals surface area (Å²) in [4.78, 5) is 11.3. The first-order chi connectivity index (χ1) is 7.07. The molecule has 0 atom stereocenters. The Hall–Kier alpha value is -1.52. The number of rotatable bonds is 2. The molecule has 0 saturated carbocycles. The van der Waals surface area contributed by atoms with Crippen LogP contribution in [0, 0.1) is 6.92 Å². The van der Waals surface area contributed by atoms with Gasteiger partial charge in [0, 0.05) is 7.05 Å². The minimum atomic E-state index is -0.411. The zero-order valence-electron chi connectivity index (χ0n) is 10.00. The largest absolute Gasteiger partial charge is 0.462 e. The van der Waals surface area contributed by atoms with E-state index in [-0.39, 0.29) is 0 Å². The number of nitrogens with two attached hydrogens (primary N) is 1. The highest BCUT2D eigenvalue weighted by molar-refractivity contribution is 5.95. The number of ether oxygens (including phenoxy) is 1.